The van der Waals surface area contributed by atoms with Gasteiger partial charge in [0, 0.05) is 31.4 Å². The SMILES string of the molecule is O=C(NCc1ccc(S(=O)(=O)c2cncc(N3CCCC3)c2)cc1)c1ccc2ncsc2c1. The van der Waals surface area contributed by atoms with Gasteiger partial charge in [-0.25, -0.2) is 13.4 Å². The number of hydrogen-bond donors (Lipinski definition) is 1. The van der Waals surface area contributed by atoms with Crippen LogP contribution in [-0.4, -0.2) is 37.4 Å². The molecule has 1 N–H and O–H groups in total. The third-order valence-corrected chi connectivity index (χ3v) is 8.29. The van der Waals surface area contributed by atoms with Crippen molar-refractivity contribution in [3.05, 3.63) is 77.6 Å². The molecule has 1 aliphatic heterocycles. The van der Waals surface area contributed by atoms with Gasteiger partial charge in [0.1, 0.15) is 0 Å². The Morgan fingerprint density at radius 3 is 2.58 bits per heavy atom. The second-order valence-electron chi connectivity index (χ2n) is 7.94. The van der Waals surface area contributed by atoms with E-state index in [2.05, 4.69) is 20.2 Å². The number of thiazole rings is 1. The number of hydrogen-bond acceptors (Lipinski definition) is 7. The van der Waals surface area contributed by atoms with Crippen molar-refractivity contribution < 1.29 is 13.2 Å². The third-order valence-electron chi connectivity index (χ3n) is 5.76. The van der Waals surface area contributed by atoms with E-state index in [4.69, 9.17) is 0 Å². The summed E-state index contributed by atoms with van der Waals surface area (Å²) in [5.41, 5.74) is 4.83. The molecule has 2 aromatic carbocycles. The Hall–Kier alpha value is -3.30. The molecule has 2 aromatic heterocycles. The van der Waals surface area contributed by atoms with Crippen LogP contribution in [0.5, 0.6) is 0 Å². The van der Waals surface area contributed by atoms with Gasteiger partial charge in [-0.05, 0) is 54.8 Å². The molecule has 168 valence electrons. The van der Waals surface area contributed by atoms with Crippen molar-refractivity contribution in [2.24, 2.45) is 0 Å². The Kier molecular flexibility index (Phi) is 5.82. The topological polar surface area (TPSA) is 92.3 Å². The zero-order valence-electron chi connectivity index (χ0n) is 17.8. The quantitative estimate of drug-likeness (QED) is 0.449. The van der Waals surface area contributed by atoms with Gasteiger partial charge in [0.15, 0.2) is 0 Å². The van der Waals surface area contributed by atoms with E-state index in [1.54, 1.807) is 48.1 Å². The highest BCUT2D eigenvalue weighted by atomic mass is 32.2. The lowest BCUT2D eigenvalue weighted by atomic mass is 10.2. The summed E-state index contributed by atoms with van der Waals surface area (Å²) in [6, 6.07) is 13.7. The van der Waals surface area contributed by atoms with Crippen LogP contribution in [-0.2, 0) is 16.4 Å². The zero-order valence-corrected chi connectivity index (χ0v) is 19.4. The monoisotopic (exact) mass is 478 g/mol. The molecular formula is C24H22N4O3S2. The highest BCUT2D eigenvalue weighted by molar-refractivity contribution is 7.91. The van der Waals surface area contributed by atoms with E-state index >= 15 is 0 Å². The maximum Gasteiger partial charge on any atom is 0.251 e. The number of benzene rings is 2. The van der Waals surface area contributed by atoms with Gasteiger partial charge in [-0.15, -0.1) is 11.3 Å². The van der Waals surface area contributed by atoms with Gasteiger partial charge in [0.2, 0.25) is 9.84 Å². The molecule has 1 aliphatic rings. The number of amides is 1. The summed E-state index contributed by atoms with van der Waals surface area (Å²) < 4.78 is 27.2. The molecule has 0 bridgehead atoms. The Morgan fingerprint density at radius 1 is 1.00 bits per heavy atom. The van der Waals surface area contributed by atoms with Gasteiger partial charge in [0.25, 0.3) is 5.91 Å². The lowest BCUT2D eigenvalue weighted by Gasteiger charge is -2.17. The number of nitrogens with one attached hydrogen (secondary N) is 1. The van der Waals surface area contributed by atoms with Crippen molar-refractivity contribution in [2.75, 3.05) is 18.0 Å². The Labute approximate surface area is 196 Å². The Balaban J connectivity index is 1.27. The maximum atomic E-state index is 13.1. The van der Waals surface area contributed by atoms with E-state index in [9.17, 15) is 13.2 Å². The molecule has 5 rings (SSSR count). The van der Waals surface area contributed by atoms with Crippen LogP contribution in [0.3, 0.4) is 0 Å². The molecule has 1 saturated heterocycles. The summed E-state index contributed by atoms with van der Waals surface area (Å²) in [5.74, 6) is -0.188. The smallest absolute Gasteiger partial charge is 0.251 e. The first kappa shape index (κ1) is 21.5. The van der Waals surface area contributed by atoms with Gasteiger partial charge in [-0.3, -0.25) is 9.78 Å². The molecule has 0 unspecified atom stereocenters. The van der Waals surface area contributed by atoms with E-state index in [0.717, 1.165) is 47.4 Å². The molecule has 0 radical (unpaired) electrons. The molecule has 4 aromatic rings. The number of anilines is 1. The largest absolute Gasteiger partial charge is 0.370 e. The van der Waals surface area contributed by atoms with Gasteiger partial charge in [-0.2, -0.15) is 0 Å². The average molecular weight is 479 g/mol. The van der Waals surface area contributed by atoms with Gasteiger partial charge < -0.3 is 10.2 Å². The van der Waals surface area contributed by atoms with E-state index in [-0.39, 0.29) is 15.7 Å². The first-order chi connectivity index (χ1) is 16.0. The number of rotatable bonds is 6. The van der Waals surface area contributed by atoms with Crippen LogP contribution in [0.4, 0.5) is 5.69 Å². The molecule has 7 nitrogen and oxygen atoms in total. The van der Waals surface area contributed by atoms with Gasteiger partial charge >= 0.3 is 0 Å². The molecule has 0 aliphatic carbocycles. The van der Waals surface area contributed by atoms with Crippen LogP contribution in [0, 0.1) is 0 Å². The van der Waals surface area contributed by atoms with E-state index in [1.807, 2.05) is 12.1 Å². The fourth-order valence-electron chi connectivity index (χ4n) is 3.91. The predicted molar refractivity (Wildman–Crippen MR) is 128 cm³/mol. The van der Waals surface area contributed by atoms with Crippen molar-refractivity contribution in [1.29, 1.82) is 0 Å². The number of carbonyl (C=O) groups excluding carboxylic acids is 1. The normalized spacial score (nSPS) is 14.0. The van der Waals surface area contributed by atoms with Crippen molar-refractivity contribution in [3.63, 3.8) is 0 Å². The summed E-state index contributed by atoms with van der Waals surface area (Å²) in [4.78, 5) is 23.4. The van der Waals surface area contributed by atoms with Crippen LogP contribution >= 0.6 is 11.3 Å². The number of carbonyl (C=O) groups is 1. The summed E-state index contributed by atoms with van der Waals surface area (Å²) >= 11 is 1.49. The highest BCUT2D eigenvalue weighted by Crippen LogP contribution is 2.26. The minimum Gasteiger partial charge on any atom is -0.370 e. The molecule has 9 heteroatoms. The fourth-order valence-corrected chi connectivity index (χ4v) is 5.86. The Bertz CT molecular complexity index is 1410. The molecule has 0 saturated carbocycles. The third kappa shape index (κ3) is 4.46. The van der Waals surface area contributed by atoms with E-state index in [0.29, 0.717) is 12.1 Å². The zero-order chi connectivity index (χ0) is 22.8. The van der Waals surface area contributed by atoms with E-state index in [1.165, 1.54) is 17.5 Å². The standard InChI is InChI=1S/C24H22N4O3S2/c29-24(18-5-8-22-23(11-18)32-16-27-22)26-13-17-3-6-20(7-4-17)33(30,31)21-12-19(14-25-15-21)28-9-1-2-10-28/h3-8,11-12,14-16H,1-2,9-10,13H2,(H,26,29). The van der Waals surface area contributed by atoms with Crippen LogP contribution in [0.2, 0.25) is 0 Å². The molecule has 33 heavy (non-hydrogen) atoms. The summed E-state index contributed by atoms with van der Waals surface area (Å²) in [6.45, 7) is 2.14. The lowest BCUT2D eigenvalue weighted by Crippen LogP contribution is -2.22. The minimum atomic E-state index is -3.68. The number of nitrogens with zero attached hydrogens (tertiary/aromatic N) is 3. The molecule has 0 spiro atoms. The minimum absolute atomic E-state index is 0.186. The highest BCUT2D eigenvalue weighted by Gasteiger charge is 2.21. The Morgan fingerprint density at radius 2 is 1.79 bits per heavy atom. The van der Waals surface area contributed by atoms with Gasteiger partial charge in [0.05, 0.1) is 37.4 Å². The summed E-state index contributed by atoms with van der Waals surface area (Å²) in [7, 11) is -3.68. The molecule has 3 heterocycles. The van der Waals surface area contributed by atoms with Crippen molar-refractivity contribution >= 4 is 43.0 Å². The van der Waals surface area contributed by atoms with Crippen LogP contribution in [0.1, 0.15) is 28.8 Å². The van der Waals surface area contributed by atoms with Crippen molar-refractivity contribution in [1.82, 2.24) is 15.3 Å². The number of sulfone groups is 1. The fraction of sp³-hybridized carbons (Fsp3) is 0.208. The van der Waals surface area contributed by atoms with Crippen molar-refractivity contribution in [3.8, 4) is 0 Å². The second-order valence-corrected chi connectivity index (χ2v) is 10.8. The maximum absolute atomic E-state index is 13.1. The lowest BCUT2D eigenvalue weighted by molar-refractivity contribution is 0.0951. The first-order valence-corrected chi connectivity index (χ1v) is 13.0. The molecule has 0 atom stereocenters. The molecular weight excluding hydrogens is 456 g/mol. The number of aromatic nitrogens is 2. The van der Waals surface area contributed by atoms with Crippen LogP contribution in [0.25, 0.3) is 10.2 Å². The van der Waals surface area contributed by atoms with Gasteiger partial charge in [-0.1, -0.05) is 12.1 Å². The summed E-state index contributed by atoms with van der Waals surface area (Å²) in [5, 5.41) is 2.88. The van der Waals surface area contributed by atoms with Crippen molar-refractivity contribution in [2.45, 2.75) is 29.2 Å². The number of fused-ring (bicyclic) bond motifs is 1. The van der Waals surface area contributed by atoms with Crippen LogP contribution < -0.4 is 10.2 Å². The first-order valence-electron chi connectivity index (χ1n) is 10.7. The van der Waals surface area contributed by atoms with E-state index < -0.39 is 9.84 Å². The molecule has 1 fully saturated rings. The predicted octanol–water partition coefficient (Wildman–Crippen LogP) is 4.05. The molecule has 1 amide bonds. The van der Waals surface area contributed by atoms with Crippen LogP contribution in [0.15, 0.2) is 76.2 Å². The summed E-state index contributed by atoms with van der Waals surface area (Å²) in [6.07, 6.45) is 5.31. The number of pyridine rings is 1. The second kappa shape index (κ2) is 8.92. The average Bonchev–Trinajstić information content (AvgIpc) is 3.55.